The first-order valence-electron chi connectivity index (χ1n) is 14.7. The number of allylic oxidation sites excluding steroid dienone is 1. The molecule has 2 aliphatic heterocycles. The van der Waals surface area contributed by atoms with Crippen LogP contribution < -0.4 is 5.32 Å². The Morgan fingerprint density at radius 2 is 1.55 bits per heavy atom. The average molecular weight is 679 g/mol. The van der Waals surface area contributed by atoms with E-state index in [1.807, 2.05) is 19.1 Å². The van der Waals surface area contributed by atoms with Gasteiger partial charge in [0, 0.05) is 5.57 Å². The Labute approximate surface area is 276 Å². The number of esters is 1. The summed E-state index contributed by atoms with van der Waals surface area (Å²) in [6.07, 6.45) is 0.285. The summed E-state index contributed by atoms with van der Waals surface area (Å²) in [6.45, 7) is 6.79. The molecule has 246 valence electrons. The van der Waals surface area contributed by atoms with Gasteiger partial charge in [-0.3, -0.25) is 9.69 Å². The van der Waals surface area contributed by atoms with E-state index >= 15 is 0 Å². The minimum atomic E-state index is -4.22. The molecule has 0 aromatic heterocycles. The molecule has 0 radical (unpaired) electrons. The maximum atomic E-state index is 14.1. The Bertz CT molecular complexity index is 1760. The molecule has 1 fully saturated rings. The van der Waals surface area contributed by atoms with Gasteiger partial charge in [0.2, 0.25) is 5.37 Å². The van der Waals surface area contributed by atoms with E-state index in [0.717, 1.165) is 16.7 Å². The van der Waals surface area contributed by atoms with Crippen molar-refractivity contribution in [3.63, 3.8) is 0 Å². The van der Waals surface area contributed by atoms with Crippen molar-refractivity contribution in [2.24, 2.45) is 0 Å². The van der Waals surface area contributed by atoms with Crippen molar-refractivity contribution in [2.45, 2.75) is 55.7 Å². The molecular formula is C34H34N2O9S2. The topological polar surface area (TPSA) is 151 Å². The normalized spacial score (nSPS) is 19.7. The fraction of sp³-hybridized carbons (Fsp3) is 0.265. The second kappa shape index (κ2) is 13.6. The molecule has 0 spiro atoms. The van der Waals surface area contributed by atoms with Crippen molar-refractivity contribution < 1.29 is 41.0 Å². The highest BCUT2D eigenvalue weighted by Gasteiger charge is 2.61. The maximum absolute atomic E-state index is 14.1. The van der Waals surface area contributed by atoms with Crippen LogP contribution in [0.3, 0.4) is 0 Å². The molecule has 3 atom stereocenters. The first-order chi connectivity index (χ1) is 22.2. The Kier molecular flexibility index (Phi) is 9.80. The van der Waals surface area contributed by atoms with Crippen molar-refractivity contribution in [1.82, 2.24) is 10.2 Å². The summed E-state index contributed by atoms with van der Waals surface area (Å²) in [7, 11) is -4.22. The number of fused-ring (bicyclic) bond motifs is 1. The quantitative estimate of drug-likeness (QED) is 0.112. The molecule has 2 amide bonds. The van der Waals surface area contributed by atoms with E-state index in [1.54, 1.807) is 81.4 Å². The first kappa shape index (κ1) is 33.8. The van der Waals surface area contributed by atoms with Crippen LogP contribution in [0.15, 0.2) is 113 Å². The summed E-state index contributed by atoms with van der Waals surface area (Å²) < 4.78 is 55.5. The summed E-state index contributed by atoms with van der Waals surface area (Å²) in [5.74, 6) is -1.90. The monoisotopic (exact) mass is 678 g/mol. The molecule has 1 saturated heterocycles. The van der Waals surface area contributed by atoms with E-state index in [0.29, 0.717) is 11.1 Å². The number of nitrogens with one attached hydrogen (secondary N) is 1. The third kappa shape index (κ3) is 7.70. The number of hydrogen-bond acceptors (Lipinski definition) is 9. The predicted molar refractivity (Wildman–Crippen MR) is 173 cm³/mol. The molecule has 1 N–H and O–H groups in total. The van der Waals surface area contributed by atoms with Gasteiger partial charge in [-0.25, -0.2) is 9.59 Å². The number of alkyl carbamates (subject to hydrolysis) is 1. The lowest BCUT2D eigenvalue weighted by molar-refractivity contribution is -0.154. The van der Waals surface area contributed by atoms with E-state index in [1.165, 1.54) is 18.2 Å². The van der Waals surface area contributed by atoms with Gasteiger partial charge in [-0.1, -0.05) is 78.4 Å². The smallest absolute Gasteiger partial charge is 0.408 e. The van der Waals surface area contributed by atoms with Gasteiger partial charge in [-0.05, 0) is 68.2 Å². The summed E-state index contributed by atoms with van der Waals surface area (Å²) in [4.78, 5) is 41.0. The molecule has 3 aromatic carbocycles. The van der Waals surface area contributed by atoms with Crippen LogP contribution in [0.25, 0.3) is 0 Å². The number of hydrogen-bond donors (Lipinski definition) is 1. The Morgan fingerprint density at radius 1 is 0.979 bits per heavy atom. The van der Waals surface area contributed by atoms with E-state index in [4.69, 9.17) is 13.7 Å². The zero-order valence-corrected chi connectivity index (χ0v) is 27.7. The molecule has 3 aromatic rings. The molecule has 2 unspecified atom stereocenters. The van der Waals surface area contributed by atoms with Crippen LogP contribution in [0.2, 0.25) is 0 Å². The fourth-order valence-electron chi connectivity index (χ4n) is 5.05. The van der Waals surface area contributed by atoms with Gasteiger partial charge in [0.15, 0.2) is 12.1 Å². The van der Waals surface area contributed by atoms with Crippen LogP contribution in [0.1, 0.15) is 43.6 Å². The highest BCUT2D eigenvalue weighted by Crippen LogP contribution is 2.39. The molecule has 11 nitrogen and oxygen atoms in total. The largest absolute Gasteiger partial charge is 0.614 e. The molecule has 2 heterocycles. The van der Waals surface area contributed by atoms with Gasteiger partial charge in [-0.15, -0.1) is 0 Å². The minimum Gasteiger partial charge on any atom is -0.614 e. The molecule has 5 rings (SSSR count). The van der Waals surface area contributed by atoms with E-state index in [9.17, 15) is 27.4 Å². The predicted octanol–water partition coefficient (Wildman–Crippen LogP) is 4.62. The van der Waals surface area contributed by atoms with Gasteiger partial charge in [-0.2, -0.15) is 8.42 Å². The lowest BCUT2D eigenvalue weighted by atomic mass is 10.0. The molecule has 0 bridgehead atoms. The minimum absolute atomic E-state index is 0.0487. The molecule has 47 heavy (non-hydrogen) atoms. The number of β-lactam (4-membered cyclic amide) rings is 1. The van der Waals surface area contributed by atoms with Crippen LogP contribution in [0.5, 0.6) is 0 Å². The second-order valence-corrected chi connectivity index (χ2v) is 15.0. The lowest BCUT2D eigenvalue weighted by Crippen LogP contribution is -2.75. The van der Waals surface area contributed by atoms with Crippen molar-refractivity contribution in [3.8, 4) is 0 Å². The van der Waals surface area contributed by atoms with E-state index < -0.39 is 62.4 Å². The number of carbonyl (C=O) groups is 3. The van der Waals surface area contributed by atoms with Gasteiger partial charge < -0.3 is 23.5 Å². The zero-order valence-electron chi connectivity index (χ0n) is 26.1. The average Bonchev–Trinajstić information content (AvgIpc) is 3.02. The fourth-order valence-corrected chi connectivity index (χ4v) is 7.47. The van der Waals surface area contributed by atoms with E-state index in [-0.39, 0.29) is 21.9 Å². The van der Waals surface area contributed by atoms with Crippen molar-refractivity contribution in [1.29, 1.82) is 0 Å². The number of carbonyl (C=O) groups excluding carboxylic acids is 3. The number of benzene rings is 3. The summed E-state index contributed by atoms with van der Waals surface area (Å²) in [6, 6.07) is 22.8. The summed E-state index contributed by atoms with van der Waals surface area (Å²) in [5.41, 5.74) is 1.13. The highest BCUT2D eigenvalue weighted by atomic mass is 32.2. The molecule has 13 heteroatoms. The number of rotatable bonds is 9. The summed E-state index contributed by atoms with van der Waals surface area (Å²) >= 11 is -1.82. The third-order valence-electron chi connectivity index (χ3n) is 7.21. The SMILES string of the molecule is Cc1ccc(S(=O)(=O)O/C=C/C2=C(C(=O)OC(c3ccccc3)c3ccccc3)N3C(=O)C(NC(=O)OC(C)(C)C)[C@H]3[S+]([O-])C2)cc1. The van der Waals surface area contributed by atoms with Gasteiger partial charge in [0.25, 0.3) is 5.91 Å². The maximum Gasteiger partial charge on any atom is 0.408 e. The number of aryl methyl sites for hydroxylation is 1. The third-order valence-corrected chi connectivity index (χ3v) is 10.0. The summed E-state index contributed by atoms with van der Waals surface area (Å²) in [5, 5.41) is 1.36. The van der Waals surface area contributed by atoms with Gasteiger partial charge >= 0.3 is 22.2 Å². The number of amides is 2. The van der Waals surface area contributed by atoms with Crippen LogP contribution in [0.4, 0.5) is 4.79 Å². The van der Waals surface area contributed by atoms with Crippen LogP contribution >= 0.6 is 0 Å². The Hall–Kier alpha value is -4.59. The second-order valence-electron chi connectivity index (χ2n) is 11.9. The van der Waals surface area contributed by atoms with E-state index in [2.05, 4.69) is 5.32 Å². The van der Waals surface area contributed by atoms with Gasteiger partial charge in [0.05, 0.1) is 0 Å². The standard InChI is InChI=1S/C34H34N2O9S2/c1-22-15-17-26(18-16-22)47(41,42)43-20-19-25-21-46(40)31-27(35-33(39)45-34(2,3)4)30(37)36(31)28(25)32(38)44-29(23-11-7-5-8-12-23)24-13-9-6-10-14-24/h5-20,27,29,31H,21H2,1-4H3,(H,35,39)/b20-19+/t27?,31-,46?/m1/s1. The lowest BCUT2D eigenvalue weighted by Gasteiger charge is -2.49. The Balaban J connectivity index is 1.49. The molecular weight excluding hydrogens is 645 g/mol. The first-order valence-corrected chi connectivity index (χ1v) is 17.4. The molecule has 0 aliphatic carbocycles. The molecule has 0 saturated carbocycles. The molecule has 2 aliphatic rings. The van der Waals surface area contributed by atoms with Crippen molar-refractivity contribution >= 4 is 39.3 Å². The number of nitrogens with zero attached hydrogens (tertiary/aromatic N) is 1. The van der Waals surface area contributed by atoms with Crippen molar-refractivity contribution in [3.05, 3.63) is 125 Å². The zero-order chi connectivity index (χ0) is 33.9. The van der Waals surface area contributed by atoms with Crippen LogP contribution in [-0.4, -0.2) is 58.6 Å². The van der Waals surface area contributed by atoms with Crippen LogP contribution in [-0.2, 0) is 44.5 Å². The highest BCUT2D eigenvalue weighted by molar-refractivity contribution is 7.92. The Morgan fingerprint density at radius 3 is 2.11 bits per heavy atom. The van der Waals surface area contributed by atoms with Gasteiger partial charge in [0.1, 0.15) is 28.2 Å². The number of ether oxygens (including phenoxy) is 2. The van der Waals surface area contributed by atoms with Crippen LogP contribution in [0, 0.1) is 6.92 Å². The van der Waals surface area contributed by atoms with Crippen molar-refractivity contribution in [2.75, 3.05) is 5.75 Å².